The van der Waals surface area contributed by atoms with E-state index in [0.29, 0.717) is 18.9 Å². The van der Waals surface area contributed by atoms with Crippen LogP contribution < -0.4 is 9.64 Å². The van der Waals surface area contributed by atoms with E-state index >= 15 is 0 Å². The first kappa shape index (κ1) is 24.8. The highest BCUT2D eigenvalue weighted by atomic mass is 16.5. The van der Waals surface area contributed by atoms with Crippen LogP contribution in [0.15, 0.2) is 53.1 Å². The zero-order valence-electron chi connectivity index (χ0n) is 20.3. The SMILES string of the molecule is Cc1noc(C)c1COc1ccc(CC(=O)OCC(=O)N(C)Cc2ccc(N(C)C)cc2)cc1. The quantitative estimate of drug-likeness (QED) is 0.422. The molecule has 0 saturated carbocycles. The van der Waals surface area contributed by atoms with Gasteiger partial charge in [-0.1, -0.05) is 29.4 Å². The fraction of sp³-hybridized carbons (Fsp3) is 0.346. The molecule has 3 aromatic rings. The average molecular weight is 466 g/mol. The summed E-state index contributed by atoms with van der Waals surface area (Å²) in [5.41, 5.74) is 4.60. The topological polar surface area (TPSA) is 85.1 Å². The number of benzene rings is 2. The van der Waals surface area contributed by atoms with E-state index in [-0.39, 0.29) is 18.9 Å². The van der Waals surface area contributed by atoms with Gasteiger partial charge in [-0.15, -0.1) is 0 Å². The Hall–Kier alpha value is -3.81. The molecule has 1 aromatic heterocycles. The Morgan fingerprint density at radius 1 is 0.941 bits per heavy atom. The first-order valence-electron chi connectivity index (χ1n) is 11.0. The van der Waals surface area contributed by atoms with Gasteiger partial charge in [0.1, 0.15) is 18.1 Å². The van der Waals surface area contributed by atoms with Crippen LogP contribution in [0.5, 0.6) is 5.75 Å². The normalized spacial score (nSPS) is 10.6. The van der Waals surface area contributed by atoms with Crippen molar-refractivity contribution in [2.24, 2.45) is 0 Å². The van der Waals surface area contributed by atoms with Crippen molar-refractivity contribution in [3.05, 3.63) is 76.7 Å². The Balaban J connectivity index is 1.41. The van der Waals surface area contributed by atoms with Crippen LogP contribution in [0.4, 0.5) is 5.69 Å². The van der Waals surface area contributed by atoms with E-state index in [1.54, 1.807) is 36.2 Å². The molecule has 1 heterocycles. The third-order valence-corrected chi connectivity index (χ3v) is 5.49. The number of hydrogen-bond donors (Lipinski definition) is 0. The van der Waals surface area contributed by atoms with Crippen LogP contribution in [0.3, 0.4) is 0 Å². The molecule has 8 nitrogen and oxygen atoms in total. The van der Waals surface area contributed by atoms with E-state index in [4.69, 9.17) is 14.0 Å². The molecule has 0 saturated heterocycles. The lowest BCUT2D eigenvalue weighted by molar-refractivity contribution is -0.151. The van der Waals surface area contributed by atoms with Crippen molar-refractivity contribution in [1.29, 1.82) is 0 Å². The molecule has 0 radical (unpaired) electrons. The van der Waals surface area contributed by atoms with Gasteiger partial charge in [0.15, 0.2) is 6.61 Å². The van der Waals surface area contributed by atoms with Crippen molar-refractivity contribution in [3.8, 4) is 5.75 Å². The molecule has 8 heteroatoms. The Labute approximate surface area is 200 Å². The molecule has 3 rings (SSSR count). The summed E-state index contributed by atoms with van der Waals surface area (Å²) in [6, 6.07) is 15.1. The molecular weight excluding hydrogens is 434 g/mol. The summed E-state index contributed by atoms with van der Waals surface area (Å²) in [4.78, 5) is 28.1. The third-order valence-electron chi connectivity index (χ3n) is 5.49. The summed E-state index contributed by atoms with van der Waals surface area (Å²) < 4.78 is 16.1. The summed E-state index contributed by atoms with van der Waals surface area (Å²) in [5.74, 6) is 0.696. The Kier molecular flexibility index (Phi) is 8.29. The molecule has 0 spiro atoms. The number of aromatic nitrogens is 1. The molecule has 1 amide bonds. The first-order chi connectivity index (χ1) is 16.2. The van der Waals surface area contributed by atoms with Gasteiger partial charge in [-0.05, 0) is 49.2 Å². The molecular formula is C26H31N3O5. The largest absolute Gasteiger partial charge is 0.489 e. The molecule has 34 heavy (non-hydrogen) atoms. The second-order valence-corrected chi connectivity index (χ2v) is 8.38. The minimum Gasteiger partial charge on any atom is -0.489 e. The van der Waals surface area contributed by atoms with Gasteiger partial charge in [0.05, 0.1) is 17.7 Å². The molecule has 180 valence electrons. The molecule has 0 atom stereocenters. The van der Waals surface area contributed by atoms with Gasteiger partial charge < -0.3 is 23.8 Å². The van der Waals surface area contributed by atoms with Crippen molar-refractivity contribution in [3.63, 3.8) is 0 Å². The maximum absolute atomic E-state index is 12.4. The van der Waals surface area contributed by atoms with E-state index in [9.17, 15) is 9.59 Å². The molecule has 2 aromatic carbocycles. The standard InChI is InChI=1S/C26H31N3O5/c1-18-24(19(2)34-27-18)16-32-23-12-8-20(9-13-23)14-26(31)33-17-25(30)29(5)15-21-6-10-22(11-7-21)28(3)4/h6-13H,14-17H2,1-5H3. The number of anilines is 1. The number of rotatable bonds is 10. The van der Waals surface area contributed by atoms with Crippen molar-refractivity contribution in [2.45, 2.75) is 33.4 Å². The van der Waals surface area contributed by atoms with Crippen molar-refractivity contribution >= 4 is 17.6 Å². The minimum atomic E-state index is -0.457. The van der Waals surface area contributed by atoms with Gasteiger partial charge in [0.25, 0.3) is 5.91 Å². The Morgan fingerprint density at radius 3 is 2.18 bits per heavy atom. The van der Waals surface area contributed by atoms with E-state index in [1.165, 1.54) is 0 Å². The number of carbonyl (C=O) groups excluding carboxylic acids is 2. The minimum absolute atomic E-state index is 0.0765. The van der Waals surface area contributed by atoms with Gasteiger partial charge >= 0.3 is 5.97 Å². The molecule has 0 aliphatic carbocycles. The summed E-state index contributed by atoms with van der Waals surface area (Å²) in [6.07, 6.45) is 0.0765. The lowest BCUT2D eigenvalue weighted by Gasteiger charge is -2.18. The van der Waals surface area contributed by atoms with Gasteiger partial charge in [-0.3, -0.25) is 9.59 Å². The number of aryl methyl sites for hydroxylation is 2. The lowest BCUT2D eigenvalue weighted by atomic mass is 10.1. The number of ether oxygens (including phenoxy) is 2. The number of esters is 1. The van der Waals surface area contributed by atoms with Gasteiger partial charge in [0.2, 0.25) is 0 Å². The van der Waals surface area contributed by atoms with E-state index in [1.807, 2.05) is 57.1 Å². The van der Waals surface area contributed by atoms with Crippen LogP contribution >= 0.6 is 0 Å². The van der Waals surface area contributed by atoms with E-state index in [0.717, 1.165) is 33.8 Å². The predicted molar refractivity (Wildman–Crippen MR) is 129 cm³/mol. The van der Waals surface area contributed by atoms with Crippen LogP contribution in [0.25, 0.3) is 0 Å². The maximum Gasteiger partial charge on any atom is 0.310 e. The van der Waals surface area contributed by atoms with Crippen LogP contribution in [0.2, 0.25) is 0 Å². The van der Waals surface area contributed by atoms with Gasteiger partial charge in [-0.2, -0.15) is 0 Å². The van der Waals surface area contributed by atoms with Gasteiger partial charge in [0, 0.05) is 33.4 Å². The third kappa shape index (κ3) is 6.84. The fourth-order valence-electron chi connectivity index (χ4n) is 3.30. The Bertz CT molecular complexity index is 1080. The summed E-state index contributed by atoms with van der Waals surface area (Å²) in [7, 11) is 5.64. The number of nitrogens with zero attached hydrogens (tertiary/aromatic N) is 3. The molecule has 0 fully saturated rings. The number of likely N-dealkylation sites (N-methyl/N-ethyl adjacent to an activating group) is 1. The van der Waals surface area contributed by atoms with Crippen LogP contribution in [0.1, 0.15) is 28.1 Å². The number of hydrogen-bond acceptors (Lipinski definition) is 7. The summed E-state index contributed by atoms with van der Waals surface area (Å²) >= 11 is 0. The monoisotopic (exact) mass is 465 g/mol. The predicted octanol–water partition coefficient (Wildman–Crippen LogP) is 3.68. The highest BCUT2D eigenvalue weighted by Crippen LogP contribution is 2.18. The molecule has 0 N–H and O–H groups in total. The van der Waals surface area contributed by atoms with Gasteiger partial charge in [-0.25, -0.2) is 0 Å². The summed E-state index contributed by atoms with van der Waals surface area (Å²) in [5, 5.41) is 3.91. The number of carbonyl (C=O) groups is 2. The highest BCUT2D eigenvalue weighted by Gasteiger charge is 2.14. The molecule has 0 aliphatic heterocycles. The fourth-order valence-corrected chi connectivity index (χ4v) is 3.30. The van der Waals surface area contributed by atoms with Crippen molar-refractivity contribution in [2.75, 3.05) is 32.6 Å². The molecule has 0 aliphatic rings. The van der Waals surface area contributed by atoms with Crippen molar-refractivity contribution < 1.29 is 23.6 Å². The first-order valence-corrected chi connectivity index (χ1v) is 11.0. The number of amides is 1. The smallest absolute Gasteiger partial charge is 0.310 e. The van der Waals surface area contributed by atoms with E-state index in [2.05, 4.69) is 5.16 Å². The Morgan fingerprint density at radius 2 is 1.59 bits per heavy atom. The summed E-state index contributed by atoms with van der Waals surface area (Å²) in [6.45, 7) is 4.23. The second kappa shape index (κ2) is 11.4. The maximum atomic E-state index is 12.4. The van der Waals surface area contributed by atoms with Crippen LogP contribution in [-0.4, -0.2) is 49.7 Å². The zero-order valence-corrected chi connectivity index (χ0v) is 20.3. The van der Waals surface area contributed by atoms with Crippen molar-refractivity contribution in [1.82, 2.24) is 10.1 Å². The lowest BCUT2D eigenvalue weighted by Crippen LogP contribution is -2.31. The van der Waals surface area contributed by atoms with E-state index < -0.39 is 5.97 Å². The second-order valence-electron chi connectivity index (χ2n) is 8.38. The average Bonchev–Trinajstić information content (AvgIpc) is 3.14. The van der Waals surface area contributed by atoms with Crippen LogP contribution in [0, 0.1) is 13.8 Å². The zero-order chi connectivity index (χ0) is 24.7. The highest BCUT2D eigenvalue weighted by molar-refractivity contribution is 5.81. The molecule has 0 unspecified atom stereocenters. The molecule has 0 bridgehead atoms. The van der Waals surface area contributed by atoms with Crippen LogP contribution in [-0.2, 0) is 33.9 Å².